The number of hydrogen-bond acceptors (Lipinski definition) is 17. The monoisotopic (exact) mass is 1180 g/mol. The van der Waals surface area contributed by atoms with Gasteiger partial charge in [-0.3, -0.25) is 24.0 Å². The summed E-state index contributed by atoms with van der Waals surface area (Å²) in [4.78, 5) is 122. The smallest absolute Gasteiger partial charge is 0.504 e. The maximum Gasteiger partial charge on any atom is 0.514 e. The van der Waals surface area contributed by atoms with Crippen LogP contribution in [0.2, 0.25) is 0 Å². The normalized spacial score (nSPS) is 15.9. The molecule has 7 amide bonds. The first kappa shape index (κ1) is 66.8. The molecule has 4 aromatic rings. The van der Waals surface area contributed by atoms with Gasteiger partial charge >= 0.3 is 18.3 Å². The Morgan fingerprint density at radius 3 is 1.91 bits per heavy atom. The number of phenolic OH excluding ortho intramolecular Hbond substituents is 1. The van der Waals surface area contributed by atoms with Crippen molar-refractivity contribution in [2.24, 2.45) is 0 Å². The first-order valence-corrected chi connectivity index (χ1v) is 27.7. The van der Waals surface area contributed by atoms with Crippen molar-refractivity contribution in [3.8, 4) is 45.8 Å². The van der Waals surface area contributed by atoms with E-state index in [-0.39, 0.29) is 88.7 Å². The highest BCUT2D eigenvalue weighted by Crippen LogP contribution is 2.44. The van der Waals surface area contributed by atoms with Gasteiger partial charge < -0.3 is 65.6 Å². The summed E-state index contributed by atoms with van der Waals surface area (Å²) in [6.07, 6.45) is -3.29. The lowest BCUT2D eigenvalue weighted by Gasteiger charge is -2.33. The zero-order valence-electron chi connectivity index (χ0n) is 51.3. The summed E-state index contributed by atoms with van der Waals surface area (Å²) in [5.41, 5.74) is -0.373. The van der Waals surface area contributed by atoms with E-state index in [1.54, 1.807) is 76.2 Å². The van der Waals surface area contributed by atoms with Crippen LogP contribution in [0.25, 0.3) is 22.5 Å². The van der Waals surface area contributed by atoms with Gasteiger partial charge in [0.25, 0.3) is 5.91 Å². The minimum Gasteiger partial charge on any atom is -0.504 e. The Morgan fingerprint density at radius 2 is 1.34 bits per heavy atom. The number of nitrogens with one attached hydrogen (secondary N) is 6. The van der Waals surface area contributed by atoms with Crippen LogP contribution in [-0.2, 0) is 45.2 Å². The molecule has 0 spiro atoms. The number of alkyl carbamates (subject to hydrolysis) is 2. The maximum absolute atomic E-state index is 15.3. The minimum absolute atomic E-state index is 0.00955. The van der Waals surface area contributed by atoms with E-state index in [1.165, 1.54) is 44.3 Å². The molecule has 7 N–H and O–H groups in total. The van der Waals surface area contributed by atoms with Crippen molar-refractivity contribution in [3.05, 3.63) is 88.2 Å². The van der Waals surface area contributed by atoms with Gasteiger partial charge in [-0.05, 0) is 136 Å². The Kier molecular flexibility index (Phi) is 21.7. The van der Waals surface area contributed by atoms with Gasteiger partial charge in [0.05, 0.1) is 29.6 Å². The van der Waals surface area contributed by atoms with E-state index in [1.807, 2.05) is 30.3 Å². The fourth-order valence-corrected chi connectivity index (χ4v) is 8.79. The first-order chi connectivity index (χ1) is 39.4. The summed E-state index contributed by atoms with van der Waals surface area (Å²) in [6.45, 7) is 24.7. The summed E-state index contributed by atoms with van der Waals surface area (Å²) >= 11 is 0. The summed E-state index contributed by atoms with van der Waals surface area (Å²) in [6, 6.07) is 10.3. The highest BCUT2D eigenvalue weighted by molar-refractivity contribution is 6.01. The molecule has 1 aliphatic rings. The lowest BCUT2D eigenvalue weighted by Crippen LogP contribution is -2.56. The number of carbonyl (C=O) groups excluding carboxylic acids is 8. The van der Waals surface area contributed by atoms with Crippen LogP contribution in [0.1, 0.15) is 141 Å². The van der Waals surface area contributed by atoms with Crippen molar-refractivity contribution in [1.29, 1.82) is 5.26 Å². The molecule has 0 saturated carbocycles. The van der Waals surface area contributed by atoms with E-state index in [4.69, 9.17) is 23.7 Å². The first-order valence-electron chi connectivity index (χ1n) is 27.7. The Morgan fingerprint density at radius 1 is 0.753 bits per heavy atom. The molecule has 458 valence electrons. The molecule has 1 aliphatic heterocycles. The van der Waals surface area contributed by atoms with Gasteiger partial charge in [-0.15, -0.1) is 0 Å². The molecule has 5 rings (SSSR count). The molecule has 1 aromatic heterocycles. The summed E-state index contributed by atoms with van der Waals surface area (Å²) < 4.78 is 28.1. The summed E-state index contributed by atoms with van der Waals surface area (Å²) in [5, 5.41) is 37.3. The molecule has 4 bridgehead atoms. The molecule has 0 aliphatic carbocycles. The fourth-order valence-electron chi connectivity index (χ4n) is 8.79. The number of rotatable bonds is 15. The van der Waals surface area contributed by atoms with Crippen molar-refractivity contribution in [1.82, 2.24) is 46.8 Å². The van der Waals surface area contributed by atoms with Crippen molar-refractivity contribution in [3.63, 3.8) is 0 Å². The predicted octanol–water partition coefficient (Wildman–Crippen LogP) is 7.05. The van der Waals surface area contributed by atoms with Gasteiger partial charge in [0.2, 0.25) is 23.6 Å². The van der Waals surface area contributed by atoms with Crippen molar-refractivity contribution in [2.45, 2.75) is 163 Å². The van der Waals surface area contributed by atoms with Crippen LogP contribution < -0.4 is 41.4 Å². The van der Waals surface area contributed by atoms with E-state index in [9.17, 15) is 39.1 Å². The third-order valence-electron chi connectivity index (χ3n) is 12.7. The van der Waals surface area contributed by atoms with Crippen LogP contribution in [0.3, 0.4) is 0 Å². The molecule has 0 fully saturated rings. The van der Waals surface area contributed by atoms with Crippen molar-refractivity contribution in [2.75, 3.05) is 33.3 Å². The van der Waals surface area contributed by atoms with Crippen LogP contribution in [-0.4, -0.2) is 136 Å². The largest absolute Gasteiger partial charge is 0.514 e. The second-order valence-electron chi connectivity index (χ2n) is 24.5. The molecule has 0 saturated heterocycles. The van der Waals surface area contributed by atoms with Crippen LogP contribution >= 0.6 is 0 Å². The molecule has 2 heterocycles. The van der Waals surface area contributed by atoms with E-state index >= 15 is 9.59 Å². The highest BCUT2D eigenvalue weighted by atomic mass is 16.7. The van der Waals surface area contributed by atoms with Gasteiger partial charge in [0.1, 0.15) is 59.9 Å². The minimum atomic E-state index is -1.72. The number of aryl methyl sites for hydroxylation is 2. The number of aromatic nitrogens is 2. The SMILES string of the molecule is Cc1nc(-c2ccc(C(C)(C)C)cc2)nc(C)c1C(=O)N[C@@H](CCNC(=O)OC(C)(C)C)C(=O)N(C)[C@@H]1C(=O)N[C@@H](C)C(=O)N[C@H](C(=O)NCC#N)Cc2cc(OCCNC(=O)OC(C)(C)C)c(O)c(c2)-c2cc1ccc2OC(=O)OC(C)(C)C. The Balaban J connectivity index is 1.68. The number of nitrogens with zero attached hydrogens (tertiary/aromatic N) is 4. The van der Waals surface area contributed by atoms with Gasteiger partial charge in [-0.25, -0.2) is 24.4 Å². The Hall–Kier alpha value is -9.01. The van der Waals surface area contributed by atoms with Crippen molar-refractivity contribution >= 4 is 47.9 Å². The van der Waals surface area contributed by atoms with E-state index < -0.39 is 101 Å². The van der Waals surface area contributed by atoms with Crippen LogP contribution in [0.15, 0.2) is 54.6 Å². The van der Waals surface area contributed by atoms with Gasteiger partial charge in [0, 0.05) is 36.7 Å². The predicted molar refractivity (Wildman–Crippen MR) is 313 cm³/mol. The lowest BCUT2D eigenvalue weighted by atomic mass is 9.86. The van der Waals surface area contributed by atoms with Crippen LogP contribution in [0.5, 0.6) is 17.2 Å². The number of hydrogen-bond donors (Lipinski definition) is 7. The highest BCUT2D eigenvalue weighted by Gasteiger charge is 2.38. The average Bonchev–Trinajstić information content (AvgIpc) is 1.23. The molecule has 24 heteroatoms. The number of benzene rings is 3. The maximum atomic E-state index is 15.3. The van der Waals surface area contributed by atoms with Crippen molar-refractivity contribution < 1.29 is 67.1 Å². The number of likely N-dealkylation sites (N-methyl/N-ethyl adjacent to an activating group) is 1. The molecule has 0 radical (unpaired) electrons. The fraction of sp³-hybridized carbons (Fsp3) is 0.492. The molecule has 85 heavy (non-hydrogen) atoms. The second kappa shape index (κ2) is 27.6. The number of amides is 7. The number of phenols is 1. The molecular formula is C61H80N10O14. The third-order valence-corrected chi connectivity index (χ3v) is 12.7. The lowest BCUT2D eigenvalue weighted by molar-refractivity contribution is -0.141. The summed E-state index contributed by atoms with van der Waals surface area (Å²) in [7, 11) is 1.27. The number of carbonyl (C=O) groups is 8. The van der Waals surface area contributed by atoms with E-state index in [0.717, 1.165) is 10.5 Å². The molecule has 3 aromatic carbocycles. The number of aromatic hydroxyl groups is 1. The molecule has 0 unspecified atom stereocenters. The standard InChI is InChI=1S/C61H80N10O14/c1-33-46(34(2)67-49(66-33)37-17-20-39(21-18-37)58(4,5)6)52(75)69-42(23-25-64-55(78)83-59(7,8)9)54(77)71(16)47-38-19-22-44(82-57(80)85-61(13,14)15)40(32-38)41-29-36(31-45(48(41)72)81-28-27-65-56(79)84-60(10,11)12)30-43(51(74)63-26-24-62)70-50(73)35(3)68-53(47)76/h17-22,29,31-32,35,42-43,47,72H,23,25-28,30H2,1-16H3,(H,63,74)(H,64,78)(H,65,79)(H,68,76)(H,69,75)(H,70,73)/t35-,42-,43-,47-/m0/s1. The Bertz CT molecular complexity index is 3180. The Labute approximate surface area is 495 Å². The number of nitriles is 1. The molecule has 24 nitrogen and oxygen atoms in total. The van der Waals surface area contributed by atoms with Gasteiger partial charge in [-0.2, -0.15) is 5.26 Å². The van der Waals surface area contributed by atoms with Gasteiger partial charge in [-0.1, -0.05) is 51.1 Å². The molecular weight excluding hydrogens is 1100 g/mol. The second-order valence-corrected chi connectivity index (χ2v) is 24.5. The van der Waals surface area contributed by atoms with Crippen LogP contribution in [0.4, 0.5) is 14.4 Å². The average molecular weight is 1180 g/mol. The third kappa shape index (κ3) is 19.3. The summed E-state index contributed by atoms with van der Waals surface area (Å²) in [5.74, 6) is -4.91. The zero-order chi connectivity index (χ0) is 63.5. The number of fused-ring (bicyclic) bond motifs is 5. The topological polar surface area (TPSA) is 328 Å². The molecule has 4 atom stereocenters. The van der Waals surface area contributed by atoms with E-state index in [2.05, 4.69) is 62.6 Å². The zero-order valence-corrected chi connectivity index (χ0v) is 51.3. The van der Waals surface area contributed by atoms with E-state index in [0.29, 0.717) is 11.4 Å². The van der Waals surface area contributed by atoms with Gasteiger partial charge in [0.15, 0.2) is 17.3 Å². The van der Waals surface area contributed by atoms with Crippen LogP contribution in [0, 0.1) is 25.2 Å². The number of ether oxygens (including phenoxy) is 5. The quantitative estimate of drug-likeness (QED) is 0.0206.